The lowest BCUT2D eigenvalue weighted by atomic mass is 9.88. The molecule has 0 radical (unpaired) electrons. The molecule has 0 aliphatic rings. The summed E-state index contributed by atoms with van der Waals surface area (Å²) in [6.07, 6.45) is 4.84. The van der Waals surface area contributed by atoms with E-state index in [1.165, 1.54) is 17.7 Å². The van der Waals surface area contributed by atoms with E-state index in [0.717, 1.165) is 34.3 Å². The van der Waals surface area contributed by atoms with Crippen LogP contribution in [0.4, 0.5) is 4.39 Å². The third-order valence-corrected chi connectivity index (χ3v) is 6.48. The number of fused-ring (bicyclic) bond motifs is 1. The molecule has 0 saturated carbocycles. The van der Waals surface area contributed by atoms with Gasteiger partial charge in [-0.3, -0.25) is 9.78 Å². The lowest BCUT2D eigenvalue weighted by Gasteiger charge is -2.17. The Kier molecular flexibility index (Phi) is 7.17. The van der Waals surface area contributed by atoms with Crippen molar-refractivity contribution in [2.24, 2.45) is 0 Å². The molecule has 0 aliphatic heterocycles. The summed E-state index contributed by atoms with van der Waals surface area (Å²) in [6, 6.07) is 30.8. The number of rotatable bonds is 9. The normalized spacial score (nSPS) is 11.9. The second-order valence-corrected chi connectivity index (χ2v) is 8.94. The molecule has 4 nitrogen and oxygen atoms in total. The van der Waals surface area contributed by atoms with Crippen LogP contribution in [0.5, 0.6) is 0 Å². The molecule has 180 valence electrons. The van der Waals surface area contributed by atoms with Crippen molar-refractivity contribution in [1.82, 2.24) is 14.9 Å². The second-order valence-electron chi connectivity index (χ2n) is 8.94. The third kappa shape index (κ3) is 5.52. The first-order valence-corrected chi connectivity index (χ1v) is 12.2. The molecule has 1 unspecified atom stereocenters. The summed E-state index contributed by atoms with van der Waals surface area (Å²) in [5.41, 5.74) is 5.23. The van der Waals surface area contributed by atoms with E-state index in [2.05, 4.69) is 45.3 Å². The van der Waals surface area contributed by atoms with E-state index < -0.39 is 0 Å². The minimum Gasteiger partial charge on any atom is -0.356 e. The first-order chi connectivity index (χ1) is 17.7. The fourth-order valence-corrected chi connectivity index (χ4v) is 4.70. The highest BCUT2D eigenvalue weighted by atomic mass is 19.1. The van der Waals surface area contributed by atoms with Gasteiger partial charge in [-0.15, -0.1) is 0 Å². The molecule has 0 bridgehead atoms. The fraction of sp³-hybridized carbons (Fsp3) is 0.161. The number of benzene rings is 3. The average molecular weight is 478 g/mol. The lowest BCUT2D eigenvalue weighted by molar-refractivity contribution is -0.121. The quantitative estimate of drug-likeness (QED) is 0.279. The molecule has 0 saturated heterocycles. The van der Waals surface area contributed by atoms with Crippen molar-refractivity contribution < 1.29 is 9.18 Å². The van der Waals surface area contributed by atoms with E-state index in [0.29, 0.717) is 13.0 Å². The van der Waals surface area contributed by atoms with Gasteiger partial charge in [-0.2, -0.15) is 0 Å². The topological polar surface area (TPSA) is 46.9 Å². The minimum atomic E-state index is -0.288. The van der Waals surface area contributed by atoms with Crippen molar-refractivity contribution in [1.29, 1.82) is 0 Å². The van der Waals surface area contributed by atoms with Crippen LogP contribution < -0.4 is 5.32 Å². The highest BCUT2D eigenvalue weighted by Gasteiger charge is 2.23. The smallest absolute Gasteiger partial charge is 0.220 e. The number of nitrogens with zero attached hydrogens (tertiary/aromatic N) is 2. The maximum absolute atomic E-state index is 13.8. The van der Waals surface area contributed by atoms with Gasteiger partial charge in [-0.1, -0.05) is 66.7 Å². The molecule has 0 fully saturated rings. The van der Waals surface area contributed by atoms with Gasteiger partial charge in [0.15, 0.2) is 0 Å². The Morgan fingerprint density at radius 1 is 0.889 bits per heavy atom. The standard InChI is InChI=1S/C31H28FN3O/c32-25-15-13-24(14-16-25)28(20-31(36)34-19-17-26-10-6-7-18-33-26)29-22-35(21-23-8-2-1-3-9-23)30-12-5-4-11-27(29)30/h1-16,18,22,28H,17,19-21H2,(H,34,36). The van der Waals surface area contributed by atoms with Crippen molar-refractivity contribution in [2.75, 3.05) is 6.54 Å². The summed E-state index contributed by atoms with van der Waals surface area (Å²) in [7, 11) is 0. The number of amides is 1. The Morgan fingerprint density at radius 3 is 2.42 bits per heavy atom. The number of halogens is 1. The molecule has 0 aliphatic carbocycles. The minimum absolute atomic E-state index is 0.0415. The molecule has 2 heterocycles. The molecular formula is C31H28FN3O. The molecule has 5 rings (SSSR count). The first-order valence-electron chi connectivity index (χ1n) is 12.2. The molecular weight excluding hydrogens is 449 g/mol. The van der Waals surface area contributed by atoms with E-state index in [9.17, 15) is 9.18 Å². The summed E-state index contributed by atoms with van der Waals surface area (Å²) in [4.78, 5) is 17.4. The molecule has 36 heavy (non-hydrogen) atoms. The van der Waals surface area contributed by atoms with Crippen molar-refractivity contribution in [2.45, 2.75) is 25.3 Å². The molecule has 1 amide bonds. The zero-order valence-electron chi connectivity index (χ0n) is 20.0. The Morgan fingerprint density at radius 2 is 1.64 bits per heavy atom. The van der Waals surface area contributed by atoms with Crippen LogP contribution in [-0.2, 0) is 17.8 Å². The van der Waals surface area contributed by atoms with E-state index >= 15 is 0 Å². The molecule has 5 heteroatoms. The number of para-hydroxylation sites is 1. The lowest BCUT2D eigenvalue weighted by Crippen LogP contribution is -2.27. The van der Waals surface area contributed by atoms with Crippen LogP contribution in [0.3, 0.4) is 0 Å². The summed E-state index contributed by atoms with van der Waals surface area (Å²) in [5.74, 6) is -0.536. The Hall–Kier alpha value is -4.25. The van der Waals surface area contributed by atoms with Crippen molar-refractivity contribution in [3.63, 3.8) is 0 Å². The van der Waals surface area contributed by atoms with E-state index in [1.807, 2.05) is 48.5 Å². The maximum Gasteiger partial charge on any atom is 0.220 e. The van der Waals surface area contributed by atoms with Crippen molar-refractivity contribution >= 4 is 16.8 Å². The second kappa shape index (κ2) is 11.0. The molecule has 1 N–H and O–H groups in total. The first kappa shape index (κ1) is 23.5. The predicted octanol–water partition coefficient (Wildman–Crippen LogP) is 6.10. The molecule has 3 aromatic carbocycles. The summed E-state index contributed by atoms with van der Waals surface area (Å²) < 4.78 is 16.0. The Bertz CT molecular complexity index is 1430. The molecule has 0 spiro atoms. The fourth-order valence-electron chi connectivity index (χ4n) is 4.70. The Labute approximate surface area is 210 Å². The average Bonchev–Trinajstić information content (AvgIpc) is 3.27. The number of hydrogen-bond donors (Lipinski definition) is 1. The van der Waals surface area contributed by atoms with E-state index in [-0.39, 0.29) is 24.1 Å². The van der Waals surface area contributed by atoms with Crippen LogP contribution in [0.15, 0.2) is 109 Å². The number of pyridine rings is 1. The van der Waals surface area contributed by atoms with Crippen molar-refractivity contribution in [3.8, 4) is 0 Å². The van der Waals surface area contributed by atoms with Crippen LogP contribution in [0.2, 0.25) is 0 Å². The number of nitrogens with one attached hydrogen (secondary N) is 1. The van der Waals surface area contributed by atoms with Gasteiger partial charge in [-0.25, -0.2) is 4.39 Å². The molecule has 5 aromatic rings. The van der Waals surface area contributed by atoms with Crippen LogP contribution in [-0.4, -0.2) is 22.0 Å². The number of aromatic nitrogens is 2. The zero-order chi connectivity index (χ0) is 24.7. The number of carbonyl (C=O) groups excluding carboxylic acids is 1. The predicted molar refractivity (Wildman–Crippen MR) is 141 cm³/mol. The van der Waals surface area contributed by atoms with Crippen LogP contribution in [0.25, 0.3) is 10.9 Å². The SMILES string of the molecule is O=C(CC(c1ccc(F)cc1)c1cn(Cc2ccccc2)c2ccccc12)NCCc1ccccn1. The molecule has 1 atom stereocenters. The van der Waals surface area contributed by atoms with Gasteiger partial charge in [0, 0.05) is 60.8 Å². The largest absolute Gasteiger partial charge is 0.356 e. The van der Waals surface area contributed by atoms with Gasteiger partial charge in [0.25, 0.3) is 0 Å². The van der Waals surface area contributed by atoms with Crippen LogP contribution >= 0.6 is 0 Å². The highest BCUT2D eigenvalue weighted by molar-refractivity contribution is 5.86. The van der Waals surface area contributed by atoms with Gasteiger partial charge >= 0.3 is 0 Å². The number of carbonyl (C=O) groups is 1. The summed E-state index contributed by atoms with van der Waals surface area (Å²) in [5, 5.41) is 4.15. The van der Waals surface area contributed by atoms with Gasteiger partial charge in [0.2, 0.25) is 5.91 Å². The Balaban J connectivity index is 1.44. The summed E-state index contributed by atoms with van der Waals surface area (Å²) >= 11 is 0. The van der Waals surface area contributed by atoms with Crippen LogP contribution in [0.1, 0.15) is 34.7 Å². The van der Waals surface area contributed by atoms with E-state index in [4.69, 9.17) is 0 Å². The van der Waals surface area contributed by atoms with Crippen LogP contribution in [0, 0.1) is 5.82 Å². The summed E-state index contributed by atoms with van der Waals surface area (Å²) in [6.45, 7) is 1.25. The van der Waals surface area contributed by atoms with Gasteiger partial charge in [0.1, 0.15) is 5.82 Å². The zero-order valence-corrected chi connectivity index (χ0v) is 20.0. The van der Waals surface area contributed by atoms with Gasteiger partial charge < -0.3 is 9.88 Å². The molecule has 2 aromatic heterocycles. The highest BCUT2D eigenvalue weighted by Crippen LogP contribution is 2.35. The van der Waals surface area contributed by atoms with Gasteiger partial charge in [-0.05, 0) is 47.0 Å². The van der Waals surface area contributed by atoms with E-state index in [1.54, 1.807) is 18.3 Å². The third-order valence-electron chi connectivity index (χ3n) is 6.48. The van der Waals surface area contributed by atoms with Gasteiger partial charge in [0.05, 0.1) is 0 Å². The monoisotopic (exact) mass is 477 g/mol. The number of hydrogen-bond acceptors (Lipinski definition) is 2. The van der Waals surface area contributed by atoms with Crippen molar-refractivity contribution in [3.05, 3.63) is 138 Å². The maximum atomic E-state index is 13.8.